The quantitative estimate of drug-likeness (QED) is 0.789. The summed E-state index contributed by atoms with van der Waals surface area (Å²) in [6.45, 7) is 3.82. The van der Waals surface area contributed by atoms with Crippen molar-refractivity contribution >= 4 is 11.8 Å². The lowest BCUT2D eigenvalue weighted by Crippen LogP contribution is -2.11. The van der Waals surface area contributed by atoms with E-state index in [1.54, 1.807) is 23.9 Å². The van der Waals surface area contributed by atoms with Gasteiger partial charge in [-0.15, -0.1) is 11.8 Å². The summed E-state index contributed by atoms with van der Waals surface area (Å²) in [6.07, 6.45) is 1.85. The molecule has 0 aliphatic carbocycles. The molecule has 2 rings (SSSR count). The van der Waals surface area contributed by atoms with Crippen molar-refractivity contribution in [1.29, 1.82) is 0 Å². The van der Waals surface area contributed by atoms with Crippen LogP contribution < -0.4 is 5.32 Å². The first-order valence-electron chi connectivity index (χ1n) is 5.89. The Morgan fingerprint density at radius 2 is 2.11 bits per heavy atom. The summed E-state index contributed by atoms with van der Waals surface area (Å²) in [6, 6.07) is 6.51. The molecule has 0 unspecified atom stereocenters. The monoisotopic (exact) mass is 265 g/mol. The van der Waals surface area contributed by atoms with Gasteiger partial charge in [0, 0.05) is 23.3 Å². The molecule has 1 heterocycles. The Hall–Kier alpha value is -1.33. The van der Waals surface area contributed by atoms with Gasteiger partial charge < -0.3 is 10.3 Å². The maximum atomic E-state index is 12.7. The van der Waals surface area contributed by atoms with Crippen molar-refractivity contribution in [3.63, 3.8) is 0 Å². The first kappa shape index (κ1) is 13.1. The van der Waals surface area contributed by atoms with E-state index in [-0.39, 0.29) is 5.82 Å². The summed E-state index contributed by atoms with van der Waals surface area (Å²) in [5.74, 6) is 1.50. The minimum atomic E-state index is -0.203. The fourth-order valence-electron chi connectivity index (χ4n) is 1.51. The molecule has 0 spiro atoms. The zero-order valence-electron chi connectivity index (χ0n) is 10.2. The highest BCUT2D eigenvalue weighted by Crippen LogP contribution is 2.21. The fourth-order valence-corrected chi connectivity index (χ4v) is 2.29. The van der Waals surface area contributed by atoms with Crippen LogP contribution in [0.4, 0.5) is 4.39 Å². The second kappa shape index (κ2) is 6.56. The largest absolute Gasteiger partial charge is 0.344 e. The topological polar surface area (TPSA) is 40.7 Å². The Bertz CT molecular complexity index is 481. The highest BCUT2D eigenvalue weighted by atomic mass is 32.2. The molecule has 0 atom stereocenters. The third-order valence-electron chi connectivity index (χ3n) is 2.44. The molecule has 0 fully saturated rings. The fraction of sp³-hybridized carbons (Fsp3) is 0.308. The van der Waals surface area contributed by atoms with E-state index in [1.165, 1.54) is 12.1 Å². The van der Waals surface area contributed by atoms with Crippen molar-refractivity contribution in [2.45, 2.75) is 24.1 Å². The van der Waals surface area contributed by atoms with E-state index in [2.05, 4.69) is 22.2 Å². The molecule has 18 heavy (non-hydrogen) atoms. The SMILES string of the molecule is CCNCc1cnc(CSc2ccc(F)cc2)[nH]1. The lowest BCUT2D eigenvalue weighted by atomic mass is 10.4. The van der Waals surface area contributed by atoms with Crippen molar-refractivity contribution < 1.29 is 4.39 Å². The predicted octanol–water partition coefficient (Wildman–Crippen LogP) is 2.95. The van der Waals surface area contributed by atoms with Gasteiger partial charge in [0.2, 0.25) is 0 Å². The number of aromatic amines is 1. The molecule has 2 aromatic rings. The molecule has 0 aliphatic rings. The van der Waals surface area contributed by atoms with Gasteiger partial charge in [-0.05, 0) is 30.8 Å². The second-order valence-corrected chi connectivity index (χ2v) is 4.93. The summed E-state index contributed by atoms with van der Waals surface area (Å²) in [5.41, 5.74) is 1.09. The molecule has 0 amide bonds. The molecule has 0 radical (unpaired) electrons. The maximum Gasteiger partial charge on any atom is 0.123 e. The van der Waals surface area contributed by atoms with E-state index in [4.69, 9.17) is 0 Å². The first-order chi connectivity index (χ1) is 8.78. The van der Waals surface area contributed by atoms with Gasteiger partial charge in [0.05, 0.1) is 5.75 Å². The number of rotatable bonds is 6. The van der Waals surface area contributed by atoms with Crippen molar-refractivity contribution in [2.24, 2.45) is 0 Å². The molecule has 0 bridgehead atoms. The number of thioether (sulfide) groups is 1. The average Bonchev–Trinajstić information content (AvgIpc) is 2.84. The van der Waals surface area contributed by atoms with Gasteiger partial charge in [-0.25, -0.2) is 9.37 Å². The number of aromatic nitrogens is 2. The van der Waals surface area contributed by atoms with E-state index in [0.29, 0.717) is 0 Å². The van der Waals surface area contributed by atoms with Gasteiger partial charge in [-0.2, -0.15) is 0 Å². The lowest BCUT2D eigenvalue weighted by Gasteiger charge is -1.99. The number of H-pyrrole nitrogens is 1. The van der Waals surface area contributed by atoms with Crippen LogP contribution >= 0.6 is 11.8 Å². The second-order valence-electron chi connectivity index (χ2n) is 3.88. The number of hydrogen-bond acceptors (Lipinski definition) is 3. The van der Waals surface area contributed by atoms with Crippen LogP contribution in [0.2, 0.25) is 0 Å². The van der Waals surface area contributed by atoms with Gasteiger partial charge in [0.1, 0.15) is 11.6 Å². The molecule has 5 heteroatoms. The molecule has 3 nitrogen and oxygen atoms in total. The summed E-state index contributed by atoms with van der Waals surface area (Å²) in [5, 5.41) is 3.24. The van der Waals surface area contributed by atoms with E-state index < -0.39 is 0 Å². The van der Waals surface area contributed by atoms with Gasteiger partial charge in [0.15, 0.2) is 0 Å². The zero-order valence-corrected chi connectivity index (χ0v) is 11.1. The Balaban J connectivity index is 1.86. The summed E-state index contributed by atoms with van der Waals surface area (Å²) in [4.78, 5) is 8.61. The Morgan fingerprint density at radius 3 is 2.83 bits per heavy atom. The van der Waals surface area contributed by atoms with Crippen molar-refractivity contribution in [3.05, 3.63) is 47.8 Å². The Labute approximate surface area is 110 Å². The Morgan fingerprint density at radius 1 is 1.33 bits per heavy atom. The van der Waals surface area contributed by atoms with E-state index in [0.717, 1.165) is 35.3 Å². The molecule has 0 saturated carbocycles. The zero-order chi connectivity index (χ0) is 12.8. The average molecular weight is 265 g/mol. The lowest BCUT2D eigenvalue weighted by molar-refractivity contribution is 0.626. The first-order valence-corrected chi connectivity index (χ1v) is 6.88. The number of nitrogens with one attached hydrogen (secondary N) is 2. The highest BCUT2D eigenvalue weighted by Gasteiger charge is 2.01. The predicted molar refractivity (Wildman–Crippen MR) is 71.9 cm³/mol. The van der Waals surface area contributed by atoms with Crippen LogP contribution in [-0.4, -0.2) is 16.5 Å². The van der Waals surface area contributed by atoms with Crippen LogP contribution in [-0.2, 0) is 12.3 Å². The van der Waals surface area contributed by atoms with Gasteiger partial charge in [0.25, 0.3) is 0 Å². The normalized spacial score (nSPS) is 10.8. The Kier molecular flexibility index (Phi) is 4.78. The van der Waals surface area contributed by atoms with Gasteiger partial charge in [-0.1, -0.05) is 6.92 Å². The maximum absolute atomic E-state index is 12.7. The summed E-state index contributed by atoms with van der Waals surface area (Å²) < 4.78 is 12.7. The minimum Gasteiger partial charge on any atom is -0.344 e. The number of halogens is 1. The number of nitrogens with zero attached hydrogens (tertiary/aromatic N) is 1. The van der Waals surface area contributed by atoms with E-state index in [9.17, 15) is 4.39 Å². The molecular weight excluding hydrogens is 249 g/mol. The van der Waals surface area contributed by atoms with Crippen LogP contribution in [0.15, 0.2) is 35.4 Å². The third kappa shape index (κ3) is 3.85. The molecule has 96 valence electrons. The number of imidazole rings is 1. The minimum absolute atomic E-state index is 0.203. The highest BCUT2D eigenvalue weighted by molar-refractivity contribution is 7.98. The van der Waals surface area contributed by atoms with Crippen molar-refractivity contribution in [3.8, 4) is 0 Å². The van der Waals surface area contributed by atoms with Crippen LogP contribution in [0.3, 0.4) is 0 Å². The van der Waals surface area contributed by atoms with E-state index in [1.807, 2.05) is 6.20 Å². The van der Waals surface area contributed by atoms with Gasteiger partial charge >= 0.3 is 0 Å². The molecule has 1 aromatic heterocycles. The summed E-state index contributed by atoms with van der Waals surface area (Å²) >= 11 is 1.64. The third-order valence-corrected chi connectivity index (χ3v) is 3.46. The van der Waals surface area contributed by atoms with Gasteiger partial charge in [-0.3, -0.25) is 0 Å². The van der Waals surface area contributed by atoms with Crippen LogP contribution in [0, 0.1) is 5.82 Å². The van der Waals surface area contributed by atoms with Crippen LogP contribution in [0.25, 0.3) is 0 Å². The number of benzene rings is 1. The molecule has 1 aromatic carbocycles. The number of hydrogen-bond donors (Lipinski definition) is 2. The molecular formula is C13H16FN3S. The van der Waals surface area contributed by atoms with Crippen molar-refractivity contribution in [1.82, 2.24) is 15.3 Å². The summed E-state index contributed by atoms with van der Waals surface area (Å²) in [7, 11) is 0. The molecule has 2 N–H and O–H groups in total. The molecule has 0 saturated heterocycles. The smallest absolute Gasteiger partial charge is 0.123 e. The van der Waals surface area contributed by atoms with Crippen LogP contribution in [0.5, 0.6) is 0 Å². The van der Waals surface area contributed by atoms with Crippen LogP contribution in [0.1, 0.15) is 18.4 Å². The van der Waals surface area contributed by atoms with E-state index >= 15 is 0 Å². The van der Waals surface area contributed by atoms with Crippen molar-refractivity contribution in [2.75, 3.05) is 6.54 Å². The standard InChI is InChI=1S/C13H16FN3S/c1-2-15-7-11-8-16-13(17-11)9-18-12-5-3-10(14)4-6-12/h3-6,8,15H,2,7,9H2,1H3,(H,16,17). The molecule has 0 aliphatic heterocycles.